The lowest BCUT2D eigenvalue weighted by molar-refractivity contribution is -0.145. The molecule has 0 atom stereocenters. The van der Waals surface area contributed by atoms with E-state index in [1.807, 2.05) is 0 Å². The van der Waals surface area contributed by atoms with Gasteiger partial charge >= 0.3 is 0 Å². The summed E-state index contributed by atoms with van der Waals surface area (Å²) in [4.78, 5) is 52.2. The molecule has 0 spiro atoms. The standard InChI is InChI=1S/C24H40N2O4/c1-7-9-11-15-21(27)25(23(29)19(3)4)17-13-14-18-26(24(30)20(5)6)22(28)16-12-10-8-2/h3,5,7-18H2,1-2,4,6H3. The summed E-state index contributed by atoms with van der Waals surface area (Å²) in [6.45, 7) is 15.1. The Labute approximate surface area is 182 Å². The molecule has 0 saturated heterocycles. The molecule has 0 aliphatic carbocycles. The molecular weight excluding hydrogens is 380 g/mol. The van der Waals surface area contributed by atoms with E-state index in [2.05, 4.69) is 27.0 Å². The van der Waals surface area contributed by atoms with Crippen LogP contribution in [0.15, 0.2) is 24.3 Å². The number of amides is 4. The molecule has 0 fully saturated rings. The fourth-order valence-electron chi connectivity index (χ4n) is 3.00. The molecule has 0 N–H and O–H groups in total. The number of unbranched alkanes of at least 4 members (excludes halogenated alkanes) is 5. The minimum Gasteiger partial charge on any atom is -0.279 e. The first-order chi connectivity index (χ1) is 14.2. The van der Waals surface area contributed by atoms with Crippen LogP contribution in [0.25, 0.3) is 0 Å². The lowest BCUT2D eigenvalue weighted by Crippen LogP contribution is -2.40. The number of hydrogen-bond acceptors (Lipinski definition) is 4. The van der Waals surface area contributed by atoms with E-state index in [0.717, 1.165) is 38.5 Å². The van der Waals surface area contributed by atoms with Crippen molar-refractivity contribution in [3.05, 3.63) is 24.3 Å². The Hall–Kier alpha value is -2.24. The molecule has 170 valence electrons. The van der Waals surface area contributed by atoms with Crippen molar-refractivity contribution in [2.24, 2.45) is 0 Å². The maximum Gasteiger partial charge on any atom is 0.255 e. The van der Waals surface area contributed by atoms with Crippen LogP contribution in [0.2, 0.25) is 0 Å². The molecule has 0 bridgehead atoms. The highest BCUT2D eigenvalue weighted by Gasteiger charge is 2.23. The Kier molecular flexibility index (Phi) is 14.4. The van der Waals surface area contributed by atoms with Gasteiger partial charge in [-0.1, -0.05) is 52.7 Å². The van der Waals surface area contributed by atoms with Gasteiger partial charge in [0.15, 0.2) is 0 Å². The van der Waals surface area contributed by atoms with Crippen molar-refractivity contribution in [2.75, 3.05) is 13.1 Å². The van der Waals surface area contributed by atoms with Crippen LogP contribution in [-0.4, -0.2) is 46.5 Å². The van der Waals surface area contributed by atoms with Crippen molar-refractivity contribution in [1.29, 1.82) is 0 Å². The second-order valence-corrected chi connectivity index (χ2v) is 7.88. The molecule has 6 nitrogen and oxygen atoms in total. The lowest BCUT2D eigenvalue weighted by atomic mass is 10.1. The first kappa shape index (κ1) is 27.8. The molecule has 0 aliphatic rings. The zero-order chi connectivity index (χ0) is 23.1. The number of hydrogen-bond donors (Lipinski definition) is 0. The number of carbonyl (C=O) groups is 4. The fourth-order valence-corrected chi connectivity index (χ4v) is 3.00. The van der Waals surface area contributed by atoms with E-state index >= 15 is 0 Å². The normalized spacial score (nSPS) is 10.4. The van der Waals surface area contributed by atoms with Gasteiger partial charge in [0.25, 0.3) is 11.8 Å². The van der Waals surface area contributed by atoms with Crippen molar-refractivity contribution >= 4 is 23.6 Å². The zero-order valence-electron chi connectivity index (χ0n) is 19.4. The monoisotopic (exact) mass is 420 g/mol. The Morgan fingerprint density at radius 3 is 1.20 bits per heavy atom. The SMILES string of the molecule is C=C(C)C(=O)N(CCCCN(C(=O)CCCCC)C(=O)C(=C)C)C(=O)CCCCC. The van der Waals surface area contributed by atoms with Gasteiger partial charge in [-0.05, 0) is 39.5 Å². The van der Waals surface area contributed by atoms with Crippen LogP contribution in [0.4, 0.5) is 0 Å². The minimum atomic E-state index is -0.359. The van der Waals surface area contributed by atoms with Gasteiger partial charge in [0.2, 0.25) is 11.8 Å². The highest BCUT2D eigenvalue weighted by Crippen LogP contribution is 2.11. The summed E-state index contributed by atoms with van der Waals surface area (Å²) in [7, 11) is 0. The summed E-state index contributed by atoms with van der Waals surface area (Å²) in [5, 5.41) is 0. The first-order valence-electron chi connectivity index (χ1n) is 11.2. The average molecular weight is 421 g/mol. The molecule has 4 amide bonds. The first-order valence-corrected chi connectivity index (χ1v) is 11.2. The molecule has 0 saturated carbocycles. The Bertz CT molecular complexity index is 571. The predicted octanol–water partition coefficient (Wildman–Crippen LogP) is 4.79. The van der Waals surface area contributed by atoms with Crippen LogP contribution in [-0.2, 0) is 19.2 Å². The second kappa shape index (κ2) is 15.6. The predicted molar refractivity (Wildman–Crippen MR) is 121 cm³/mol. The van der Waals surface area contributed by atoms with Gasteiger partial charge in [-0.25, -0.2) is 0 Å². The molecule has 0 radical (unpaired) electrons. The number of nitrogens with zero attached hydrogens (tertiary/aromatic N) is 2. The van der Waals surface area contributed by atoms with Crippen LogP contribution in [0.5, 0.6) is 0 Å². The Morgan fingerprint density at radius 1 is 0.600 bits per heavy atom. The maximum atomic E-state index is 12.5. The van der Waals surface area contributed by atoms with E-state index in [1.165, 1.54) is 9.80 Å². The lowest BCUT2D eigenvalue weighted by Gasteiger charge is -2.23. The van der Waals surface area contributed by atoms with E-state index in [4.69, 9.17) is 0 Å². The van der Waals surface area contributed by atoms with Gasteiger partial charge in [0, 0.05) is 37.1 Å². The third kappa shape index (κ3) is 10.5. The van der Waals surface area contributed by atoms with Gasteiger partial charge in [0.05, 0.1) is 0 Å². The van der Waals surface area contributed by atoms with Gasteiger partial charge in [-0.15, -0.1) is 0 Å². The maximum absolute atomic E-state index is 12.5. The second-order valence-electron chi connectivity index (χ2n) is 7.88. The largest absolute Gasteiger partial charge is 0.279 e. The number of imide groups is 2. The van der Waals surface area contributed by atoms with Gasteiger partial charge in [-0.3, -0.25) is 29.0 Å². The fraction of sp³-hybridized carbons (Fsp3) is 0.667. The van der Waals surface area contributed by atoms with Crippen molar-refractivity contribution in [3.63, 3.8) is 0 Å². The van der Waals surface area contributed by atoms with Crippen molar-refractivity contribution < 1.29 is 19.2 Å². The molecule has 0 aromatic carbocycles. The van der Waals surface area contributed by atoms with E-state index < -0.39 is 0 Å². The summed E-state index contributed by atoms with van der Waals surface area (Å²) in [6.07, 6.45) is 7.09. The van der Waals surface area contributed by atoms with Crippen LogP contribution < -0.4 is 0 Å². The van der Waals surface area contributed by atoms with E-state index in [9.17, 15) is 19.2 Å². The van der Waals surface area contributed by atoms with Gasteiger partial charge in [-0.2, -0.15) is 0 Å². The molecule has 6 heteroatoms. The summed E-state index contributed by atoms with van der Waals surface area (Å²) >= 11 is 0. The summed E-state index contributed by atoms with van der Waals surface area (Å²) in [5.41, 5.74) is 0.646. The quantitative estimate of drug-likeness (QED) is 0.282. The van der Waals surface area contributed by atoms with Crippen molar-refractivity contribution in [1.82, 2.24) is 9.80 Å². The van der Waals surface area contributed by atoms with E-state index in [1.54, 1.807) is 13.8 Å². The Morgan fingerprint density at radius 2 is 0.933 bits per heavy atom. The van der Waals surface area contributed by atoms with Crippen LogP contribution in [0.3, 0.4) is 0 Å². The molecule has 0 heterocycles. The van der Waals surface area contributed by atoms with Gasteiger partial charge < -0.3 is 0 Å². The zero-order valence-corrected chi connectivity index (χ0v) is 19.4. The van der Waals surface area contributed by atoms with E-state index in [0.29, 0.717) is 36.8 Å². The molecule has 0 unspecified atom stereocenters. The molecule has 30 heavy (non-hydrogen) atoms. The molecule has 0 aromatic heterocycles. The third-order valence-corrected chi connectivity index (χ3v) is 4.82. The average Bonchev–Trinajstić information content (AvgIpc) is 2.69. The highest BCUT2D eigenvalue weighted by atomic mass is 16.2. The summed E-state index contributed by atoms with van der Waals surface area (Å²) in [5.74, 6) is -1.10. The topological polar surface area (TPSA) is 74.8 Å². The van der Waals surface area contributed by atoms with Crippen LogP contribution in [0, 0.1) is 0 Å². The highest BCUT2D eigenvalue weighted by molar-refractivity contribution is 6.04. The summed E-state index contributed by atoms with van der Waals surface area (Å²) in [6, 6.07) is 0. The molecule has 0 rings (SSSR count). The number of carbonyl (C=O) groups excluding carboxylic acids is 4. The Balaban J connectivity index is 4.89. The summed E-state index contributed by atoms with van der Waals surface area (Å²) < 4.78 is 0. The van der Waals surface area contributed by atoms with E-state index in [-0.39, 0.29) is 36.7 Å². The molecule has 0 aromatic rings. The van der Waals surface area contributed by atoms with Crippen LogP contribution in [0.1, 0.15) is 91.9 Å². The van der Waals surface area contributed by atoms with Crippen LogP contribution >= 0.6 is 0 Å². The van der Waals surface area contributed by atoms with Gasteiger partial charge in [0.1, 0.15) is 0 Å². The molecular formula is C24H40N2O4. The third-order valence-electron chi connectivity index (χ3n) is 4.82. The minimum absolute atomic E-state index is 0.193. The molecule has 0 aliphatic heterocycles. The van der Waals surface area contributed by atoms with Crippen molar-refractivity contribution in [2.45, 2.75) is 91.9 Å². The smallest absolute Gasteiger partial charge is 0.255 e. The van der Waals surface area contributed by atoms with Crippen molar-refractivity contribution in [3.8, 4) is 0 Å². The number of rotatable bonds is 15.